The molecule has 0 amide bonds. The van der Waals surface area contributed by atoms with Gasteiger partial charge in [0.2, 0.25) is 0 Å². The number of ether oxygens (including phenoxy) is 1. The molecule has 1 atom stereocenters. The number of rotatable bonds is 4. The van der Waals surface area contributed by atoms with Crippen LogP contribution in [0.1, 0.15) is 12.8 Å². The smallest absolute Gasteiger partial charge is 0.307 e. The summed E-state index contributed by atoms with van der Waals surface area (Å²) in [5, 5.41) is 0. The molecule has 19 heavy (non-hydrogen) atoms. The van der Waals surface area contributed by atoms with Crippen LogP contribution in [0.3, 0.4) is 0 Å². The van der Waals surface area contributed by atoms with Crippen molar-refractivity contribution in [2.75, 3.05) is 43.5 Å². The van der Waals surface area contributed by atoms with Crippen LogP contribution in [0.25, 0.3) is 0 Å². The minimum absolute atomic E-state index is 0.101. The van der Waals surface area contributed by atoms with Gasteiger partial charge in [0.25, 0.3) is 10.1 Å². The van der Waals surface area contributed by atoms with Gasteiger partial charge in [-0.25, -0.2) is 0 Å². The summed E-state index contributed by atoms with van der Waals surface area (Å²) in [5.41, 5.74) is 0. The Labute approximate surface area is 117 Å². The van der Waals surface area contributed by atoms with Gasteiger partial charge in [-0.15, -0.1) is 0 Å². The number of nitrogens with zero attached hydrogens (tertiary/aromatic N) is 1. The molecule has 0 bridgehead atoms. The van der Waals surface area contributed by atoms with E-state index in [1.54, 1.807) is 0 Å². The standard InChI is InChI=1S/C11H19NO5S2/c13-11(1-3-12-4-7-18-8-5-12)17-10-2-6-16-19(14,15)9-10/h10H,1-9H2. The highest BCUT2D eigenvalue weighted by Gasteiger charge is 2.28. The molecule has 2 aliphatic rings. The van der Waals surface area contributed by atoms with Crippen molar-refractivity contribution < 1.29 is 22.1 Å². The molecule has 2 heterocycles. The lowest BCUT2D eigenvalue weighted by Gasteiger charge is -2.26. The van der Waals surface area contributed by atoms with Gasteiger partial charge in [0.05, 0.1) is 13.0 Å². The summed E-state index contributed by atoms with van der Waals surface area (Å²) in [6, 6.07) is 0. The highest BCUT2D eigenvalue weighted by molar-refractivity contribution is 7.99. The Hall–Kier alpha value is -0.310. The molecule has 8 heteroatoms. The van der Waals surface area contributed by atoms with Gasteiger partial charge in [-0.3, -0.25) is 8.98 Å². The van der Waals surface area contributed by atoms with E-state index < -0.39 is 16.2 Å². The van der Waals surface area contributed by atoms with E-state index in [1.807, 2.05) is 11.8 Å². The number of hydrogen-bond donors (Lipinski definition) is 0. The van der Waals surface area contributed by atoms with Crippen LogP contribution >= 0.6 is 11.8 Å². The summed E-state index contributed by atoms with van der Waals surface area (Å²) in [6.45, 7) is 2.80. The molecule has 2 fully saturated rings. The van der Waals surface area contributed by atoms with Crippen molar-refractivity contribution in [1.29, 1.82) is 0 Å². The maximum Gasteiger partial charge on any atom is 0.307 e. The predicted octanol–water partition coefficient (Wildman–Crippen LogP) is 0.0872. The zero-order chi connectivity index (χ0) is 13.7. The first-order valence-electron chi connectivity index (χ1n) is 6.42. The van der Waals surface area contributed by atoms with Crippen LogP contribution < -0.4 is 0 Å². The lowest BCUT2D eigenvalue weighted by atomic mass is 10.3. The lowest BCUT2D eigenvalue weighted by molar-refractivity contribution is -0.149. The Bertz CT molecular complexity index is 405. The molecule has 1 unspecified atom stereocenters. The molecule has 0 spiro atoms. The number of carbonyl (C=O) groups excluding carboxylic acids is 1. The largest absolute Gasteiger partial charge is 0.461 e. The van der Waals surface area contributed by atoms with E-state index >= 15 is 0 Å². The van der Waals surface area contributed by atoms with Crippen LogP contribution in [0.4, 0.5) is 0 Å². The first-order valence-corrected chi connectivity index (χ1v) is 9.15. The molecule has 0 aromatic rings. The van der Waals surface area contributed by atoms with Gasteiger partial charge >= 0.3 is 5.97 Å². The van der Waals surface area contributed by atoms with Gasteiger partial charge in [0.15, 0.2) is 0 Å². The van der Waals surface area contributed by atoms with E-state index in [9.17, 15) is 13.2 Å². The van der Waals surface area contributed by atoms with E-state index in [-0.39, 0.29) is 18.3 Å². The third-order valence-electron chi connectivity index (χ3n) is 3.13. The Kier molecular flexibility index (Phi) is 5.49. The van der Waals surface area contributed by atoms with Crippen molar-refractivity contribution in [3.63, 3.8) is 0 Å². The first kappa shape index (κ1) is 15.1. The number of carbonyl (C=O) groups is 1. The highest BCUT2D eigenvalue weighted by atomic mass is 32.2. The molecule has 110 valence electrons. The van der Waals surface area contributed by atoms with Gasteiger partial charge in [-0.2, -0.15) is 20.2 Å². The molecule has 6 nitrogen and oxygen atoms in total. The Morgan fingerprint density at radius 1 is 1.37 bits per heavy atom. The summed E-state index contributed by atoms with van der Waals surface area (Å²) in [6.07, 6.45) is 0.219. The molecule has 2 rings (SSSR count). The number of hydrogen-bond acceptors (Lipinski definition) is 7. The van der Waals surface area contributed by atoms with Crippen LogP contribution in [0.5, 0.6) is 0 Å². The van der Waals surface area contributed by atoms with E-state index in [0.29, 0.717) is 19.4 Å². The second-order valence-corrected chi connectivity index (χ2v) is 7.56. The summed E-state index contributed by atoms with van der Waals surface area (Å²) < 4.78 is 32.2. The Morgan fingerprint density at radius 3 is 2.79 bits per heavy atom. The SMILES string of the molecule is O=C(CCN1CCSCC1)OC1CCOS(=O)(=O)C1. The molecule has 0 aromatic heterocycles. The summed E-state index contributed by atoms with van der Waals surface area (Å²) in [7, 11) is -3.50. The van der Waals surface area contributed by atoms with Crippen molar-refractivity contribution in [1.82, 2.24) is 4.90 Å². The molecular formula is C11H19NO5S2. The maximum absolute atomic E-state index is 11.7. The average molecular weight is 309 g/mol. The topological polar surface area (TPSA) is 72.9 Å². The predicted molar refractivity (Wildman–Crippen MR) is 72.6 cm³/mol. The zero-order valence-electron chi connectivity index (χ0n) is 10.7. The number of thioether (sulfide) groups is 1. The molecular weight excluding hydrogens is 290 g/mol. The Balaban J connectivity index is 1.69. The fourth-order valence-corrected chi connectivity index (χ4v) is 4.19. The van der Waals surface area contributed by atoms with Gasteiger partial charge in [-0.1, -0.05) is 0 Å². The molecule has 0 N–H and O–H groups in total. The third-order valence-corrected chi connectivity index (χ3v) is 5.38. The van der Waals surface area contributed by atoms with Gasteiger partial charge in [-0.05, 0) is 0 Å². The normalized spacial score (nSPS) is 27.9. The molecule has 2 saturated heterocycles. The number of esters is 1. The van der Waals surface area contributed by atoms with Crippen LogP contribution in [-0.4, -0.2) is 68.9 Å². The van der Waals surface area contributed by atoms with Gasteiger partial charge in [0.1, 0.15) is 11.9 Å². The van der Waals surface area contributed by atoms with Crippen molar-refractivity contribution in [3.05, 3.63) is 0 Å². The van der Waals surface area contributed by atoms with E-state index in [4.69, 9.17) is 4.74 Å². The van der Waals surface area contributed by atoms with Crippen LogP contribution in [0.2, 0.25) is 0 Å². The second-order valence-electron chi connectivity index (χ2n) is 4.65. The van der Waals surface area contributed by atoms with Crippen LogP contribution in [-0.2, 0) is 23.8 Å². The zero-order valence-corrected chi connectivity index (χ0v) is 12.4. The van der Waals surface area contributed by atoms with Gasteiger partial charge in [0, 0.05) is 37.6 Å². The molecule has 0 saturated carbocycles. The van der Waals surface area contributed by atoms with Crippen LogP contribution in [0, 0.1) is 0 Å². The lowest BCUT2D eigenvalue weighted by Crippen LogP contribution is -2.37. The van der Waals surface area contributed by atoms with E-state index in [1.165, 1.54) is 0 Å². The fraction of sp³-hybridized carbons (Fsp3) is 0.909. The van der Waals surface area contributed by atoms with Crippen molar-refractivity contribution in [2.45, 2.75) is 18.9 Å². The molecule has 0 aliphatic carbocycles. The molecule has 0 aromatic carbocycles. The van der Waals surface area contributed by atoms with Crippen molar-refractivity contribution in [3.8, 4) is 0 Å². The minimum atomic E-state index is -3.50. The summed E-state index contributed by atoms with van der Waals surface area (Å²) in [4.78, 5) is 13.9. The van der Waals surface area contributed by atoms with Gasteiger partial charge < -0.3 is 9.64 Å². The first-order chi connectivity index (χ1) is 9.05. The fourth-order valence-electron chi connectivity index (χ4n) is 2.08. The van der Waals surface area contributed by atoms with E-state index in [2.05, 4.69) is 9.08 Å². The summed E-state index contributed by atoms with van der Waals surface area (Å²) >= 11 is 1.92. The second kappa shape index (κ2) is 6.92. The molecule has 2 aliphatic heterocycles. The maximum atomic E-state index is 11.7. The van der Waals surface area contributed by atoms with E-state index in [0.717, 1.165) is 24.6 Å². The monoisotopic (exact) mass is 309 g/mol. The summed E-state index contributed by atoms with van der Waals surface area (Å²) in [5.74, 6) is 1.67. The third kappa shape index (κ3) is 5.29. The minimum Gasteiger partial charge on any atom is -0.461 e. The highest BCUT2D eigenvalue weighted by Crippen LogP contribution is 2.14. The molecule has 0 radical (unpaired) electrons. The van der Waals surface area contributed by atoms with Crippen molar-refractivity contribution in [2.24, 2.45) is 0 Å². The quantitative estimate of drug-likeness (QED) is 0.538. The Morgan fingerprint density at radius 2 is 2.11 bits per heavy atom. The van der Waals surface area contributed by atoms with Crippen LogP contribution in [0.15, 0.2) is 0 Å². The average Bonchev–Trinajstić information content (AvgIpc) is 2.36. The van der Waals surface area contributed by atoms with Crippen molar-refractivity contribution >= 4 is 27.8 Å².